The minimum Gasteiger partial charge on any atom is -0.445 e. The summed E-state index contributed by atoms with van der Waals surface area (Å²) in [6, 6.07) is 9.65. The lowest BCUT2D eigenvalue weighted by atomic mass is 10.2. The van der Waals surface area contributed by atoms with E-state index in [-0.39, 0.29) is 12.2 Å². The van der Waals surface area contributed by atoms with Gasteiger partial charge in [0.05, 0.1) is 19.2 Å². The summed E-state index contributed by atoms with van der Waals surface area (Å²) in [5, 5.41) is 0. The largest absolute Gasteiger partial charge is 0.445 e. The van der Waals surface area contributed by atoms with Crippen LogP contribution in [0, 0.1) is 0 Å². The number of carbonyl (C=O) groups is 1. The Labute approximate surface area is 94.8 Å². The predicted molar refractivity (Wildman–Crippen MR) is 59.0 cm³/mol. The van der Waals surface area contributed by atoms with Crippen LogP contribution >= 0.6 is 0 Å². The Morgan fingerprint density at radius 2 is 2.06 bits per heavy atom. The van der Waals surface area contributed by atoms with Gasteiger partial charge in [-0.3, -0.25) is 0 Å². The molecule has 1 fully saturated rings. The van der Waals surface area contributed by atoms with Gasteiger partial charge in [0.25, 0.3) is 0 Å². The first-order valence-corrected chi connectivity index (χ1v) is 5.28. The quantitative estimate of drug-likeness (QED) is 0.779. The first-order valence-electron chi connectivity index (χ1n) is 5.28. The molecule has 0 unspecified atom stereocenters. The molecule has 1 saturated heterocycles. The summed E-state index contributed by atoms with van der Waals surface area (Å²) in [5.41, 5.74) is 1.000. The van der Waals surface area contributed by atoms with Crippen molar-refractivity contribution < 1.29 is 14.3 Å². The summed E-state index contributed by atoms with van der Waals surface area (Å²) in [7, 11) is 1.65. The zero-order valence-electron chi connectivity index (χ0n) is 9.26. The molecule has 0 saturated carbocycles. The molecule has 0 spiro atoms. The maximum Gasteiger partial charge on any atom is 0.410 e. The van der Waals surface area contributed by atoms with Gasteiger partial charge in [-0.15, -0.1) is 0 Å². The van der Waals surface area contributed by atoms with E-state index in [4.69, 9.17) is 9.47 Å². The van der Waals surface area contributed by atoms with Crippen molar-refractivity contribution in [2.45, 2.75) is 12.7 Å². The molecule has 0 atom stereocenters. The monoisotopic (exact) mass is 221 g/mol. The van der Waals surface area contributed by atoms with Gasteiger partial charge in [-0.05, 0) is 5.56 Å². The number of carbonyl (C=O) groups excluding carboxylic acids is 1. The van der Waals surface area contributed by atoms with Crippen molar-refractivity contribution in [2.24, 2.45) is 0 Å². The van der Waals surface area contributed by atoms with Crippen LogP contribution in [0.5, 0.6) is 0 Å². The Kier molecular flexibility index (Phi) is 3.41. The minimum atomic E-state index is -0.267. The molecular weight excluding hydrogens is 206 g/mol. The highest BCUT2D eigenvalue weighted by atomic mass is 16.6. The van der Waals surface area contributed by atoms with Gasteiger partial charge < -0.3 is 14.4 Å². The molecular formula is C12H15NO3. The molecule has 0 aliphatic carbocycles. The van der Waals surface area contributed by atoms with Crippen LogP contribution in [0.2, 0.25) is 0 Å². The zero-order valence-corrected chi connectivity index (χ0v) is 9.26. The number of hydrogen-bond acceptors (Lipinski definition) is 3. The van der Waals surface area contributed by atoms with Gasteiger partial charge in [0.15, 0.2) is 0 Å². The summed E-state index contributed by atoms with van der Waals surface area (Å²) in [5.74, 6) is 0. The third-order valence-electron chi connectivity index (χ3n) is 2.64. The van der Waals surface area contributed by atoms with Gasteiger partial charge in [-0.2, -0.15) is 0 Å². The van der Waals surface area contributed by atoms with E-state index in [0.29, 0.717) is 19.7 Å². The molecule has 16 heavy (non-hydrogen) atoms. The normalized spacial score (nSPS) is 15.7. The third-order valence-corrected chi connectivity index (χ3v) is 2.64. The highest BCUT2D eigenvalue weighted by Gasteiger charge is 2.31. The molecule has 0 bridgehead atoms. The van der Waals surface area contributed by atoms with E-state index in [2.05, 4.69) is 0 Å². The molecule has 4 nitrogen and oxygen atoms in total. The van der Waals surface area contributed by atoms with Crippen LogP contribution in [0.4, 0.5) is 4.79 Å². The van der Waals surface area contributed by atoms with Crippen molar-refractivity contribution in [3.05, 3.63) is 35.9 Å². The fourth-order valence-corrected chi connectivity index (χ4v) is 1.55. The van der Waals surface area contributed by atoms with Gasteiger partial charge in [-0.25, -0.2) is 4.79 Å². The number of methoxy groups -OCH3 is 1. The van der Waals surface area contributed by atoms with Crippen molar-refractivity contribution >= 4 is 6.09 Å². The summed E-state index contributed by atoms with van der Waals surface area (Å²) >= 11 is 0. The maximum absolute atomic E-state index is 11.5. The van der Waals surface area contributed by atoms with Gasteiger partial charge in [-0.1, -0.05) is 30.3 Å². The Hall–Kier alpha value is -1.55. The lowest BCUT2D eigenvalue weighted by molar-refractivity contribution is -0.0286. The summed E-state index contributed by atoms with van der Waals surface area (Å²) in [4.78, 5) is 13.1. The molecule has 1 heterocycles. The van der Waals surface area contributed by atoms with E-state index < -0.39 is 0 Å². The Balaban J connectivity index is 1.73. The highest BCUT2D eigenvalue weighted by molar-refractivity contribution is 5.68. The molecule has 86 valence electrons. The number of nitrogens with zero attached hydrogens (tertiary/aromatic N) is 1. The van der Waals surface area contributed by atoms with E-state index in [1.54, 1.807) is 12.0 Å². The Morgan fingerprint density at radius 1 is 1.38 bits per heavy atom. The van der Waals surface area contributed by atoms with E-state index >= 15 is 0 Å². The second kappa shape index (κ2) is 4.99. The molecule has 0 radical (unpaired) electrons. The van der Waals surface area contributed by atoms with Crippen molar-refractivity contribution in [2.75, 3.05) is 20.2 Å². The van der Waals surface area contributed by atoms with Crippen molar-refractivity contribution in [1.29, 1.82) is 0 Å². The van der Waals surface area contributed by atoms with Crippen molar-refractivity contribution in [1.82, 2.24) is 4.90 Å². The van der Waals surface area contributed by atoms with Gasteiger partial charge in [0.2, 0.25) is 0 Å². The Morgan fingerprint density at radius 3 is 2.69 bits per heavy atom. The summed E-state index contributed by atoms with van der Waals surface area (Å²) in [6.07, 6.45) is -0.0959. The van der Waals surface area contributed by atoms with Crippen LogP contribution < -0.4 is 0 Å². The van der Waals surface area contributed by atoms with Crippen LogP contribution in [-0.2, 0) is 16.1 Å². The lowest BCUT2D eigenvalue weighted by Gasteiger charge is -2.36. The zero-order chi connectivity index (χ0) is 11.4. The number of benzene rings is 1. The van der Waals surface area contributed by atoms with E-state index in [0.717, 1.165) is 5.56 Å². The van der Waals surface area contributed by atoms with Crippen LogP contribution in [-0.4, -0.2) is 37.3 Å². The Bertz CT molecular complexity index is 347. The van der Waals surface area contributed by atoms with Crippen LogP contribution in [0.3, 0.4) is 0 Å². The summed E-state index contributed by atoms with van der Waals surface area (Å²) in [6.45, 7) is 1.59. The summed E-state index contributed by atoms with van der Waals surface area (Å²) < 4.78 is 10.2. The first-order chi connectivity index (χ1) is 7.79. The van der Waals surface area contributed by atoms with E-state index in [1.807, 2.05) is 30.3 Å². The van der Waals surface area contributed by atoms with Gasteiger partial charge in [0.1, 0.15) is 6.61 Å². The third kappa shape index (κ3) is 2.52. The number of likely N-dealkylation sites (tertiary alicyclic amines) is 1. The maximum atomic E-state index is 11.5. The molecule has 4 heteroatoms. The molecule has 1 aromatic rings. The van der Waals surface area contributed by atoms with Gasteiger partial charge >= 0.3 is 6.09 Å². The fourth-order valence-electron chi connectivity index (χ4n) is 1.55. The number of ether oxygens (including phenoxy) is 2. The molecule has 1 aromatic carbocycles. The minimum absolute atomic E-state index is 0.171. The number of rotatable bonds is 3. The van der Waals surface area contributed by atoms with Crippen molar-refractivity contribution in [3.8, 4) is 0 Å². The SMILES string of the molecule is COC1CN(C(=O)OCc2ccccc2)C1. The molecule has 1 amide bonds. The average Bonchev–Trinajstić information content (AvgIpc) is 2.26. The van der Waals surface area contributed by atoms with Crippen molar-refractivity contribution in [3.63, 3.8) is 0 Å². The highest BCUT2D eigenvalue weighted by Crippen LogP contribution is 2.13. The lowest BCUT2D eigenvalue weighted by Crippen LogP contribution is -2.54. The first kappa shape index (κ1) is 11.0. The molecule has 1 aliphatic rings. The second-order valence-electron chi connectivity index (χ2n) is 3.80. The van der Waals surface area contributed by atoms with Crippen LogP contribution in [0.25, 0.3) is 0 Å². The van der Waals surface area contributed by atoms with Crippen LogP contribution in [0.15, 0.2) is 30.3 Å². The van der Waals surface area contributed by atoms with Crippen LogP contribution in [0.1, 0.15) is 5.56 Å². The number of hydrogen-bond donors (Lipinski definition) is 0. The standard InChI is InChI=1S/C12H15NO3/c1-15-11-7-13(8-11)12(14)16-9-10-5-3-2-4-6-10/h2-6,11H,7-9H2,1H3. The predicted octanol–water partition coefficient (Wildman–Crippen LogP) is 1.65. The topological polar surface area (TPSA) is 38.8 Å². The molecule has 1 aliphatic heterocycles. The fraction of sp³-hybridized carbons (Fsp3) is 0.417. The molecule has 0 aromatic heterocycles. The second-order valence-corrected chi connectivity index (χ2v) is 3.80. The van der Waals surface area contributed by atoms with Gasteiger partial charge in [0, 0.05) is 7.11 Å². The number of amides is 1. The van der Waals surface area contributed by atoms with E-state index in [9.17, 15) is 4.79 Å². The molecule has 2 rings (SSSR count). The smallest absolute Gasteiger partial charge is 0.410 e. The van der Waals surface area contributed by atoms with E-state index in [1.165, 1.54) is 0 Å². The average molecular weight is 221 g/mol. The molecule has 0 N–H and O–H groups in total.